The zero-order valence-corrected chi connectivity index (χ0v) is 21.0. The van der Waals surface area contributed by atoms with E-state index in [2.05, 4.69) is 28.2 Å². The van der Waals surface area contributed by atoms with Crippen molar-refractivity contribution in [3.8, 4) is 5.75 Å². The monoisotopic (exact) mass is 505 g/mol. The Morgan fingerprint density at radius 1 is 0.938 bits per heavy atom. The summed E-state index contributed by atoms with van der Waals surface area (Å²) in [6, 6.07) is 12.9. The molecule has 0 spiro atoms. The normalized spacial score (nSPS) is 18.3. The van der Waals surface area contributed by atoms with Gasteiger partial charge < -0.3 is 15.3 Å². The smallest absolute Gasteiger partial charge is 0.123 e. The number of likely N-dealkylation sites (N-methyl/N-ethyl adjacent to an activating group) is 1. The Hall–Kier alpha value is -1.08. The zero-order chi connectivity index (χ0) is 20.3. The molecule has 4 nitrogen and oxygen atoms in total. The maximum absolute atomic E-state index is 13.4. The molecule has 32 heavy (non-hydrogen) atoms. The molecule has 2 aromatic carbocycles. The lowest BCUT2D eigenvalue weighted by Crippen LogP contribution is -2.43. The Morgan fingerprint density at radius 3 is 2.19 bits per heavy atom. The van der Waals surface area contributed by atoms with Crippen molar-refractivity contribution in [2.45, 2.75) is 44.3 Å². The van der Waals surface area contributed by atoms with E-state index in [-0.39, 0.29) is 48.6 Å². The quantitative estimate of drug-likeness (QED) is 0.571. The highest BCUT2D eigenvalue weighted by Crippen LogP contribution is 2.39. The van der Waals surface area contributed by atoms with Crippen LogP contribution in [0.25, 0.3) is 0 Å². The SMILES string of the molecule is CN1CCN(Cc2cc(CNC3(c4ccc(F)cc4)CCCC3)ccc2O)CC1.Cl.Cl.Cl. The van der Waals surface area contributed by atoms with Crippen molar-refractivity contribution in [3.63, 3.8) is 0 Å². The molecule has 2 N–H and O–H groups in total. The summed E-state index contributed by atoms with van der Waals surface area (Å²) in [4.78, 5) is 4.75. The number of piperazine rings is 1. The van der Waals surface area contributed by atoms with Crippen LogP contribution in [0.3, 0.4) is 0 Å². The second-order valence-electron chi connectivity index (χ2n) is 8.69. The first-order chi connectivity index (χ1) is 14.0. The molecule has 2 aliphatic rings. The number of benzene rings is 2. The van der Waals surface area contributed by atoms with E-state index < -0.39 is 0 Å². The molecule has 1 saturated carbocycles. The Balaban J connectivity index is 0.00000171. The first kappa shape index (κ1) is 29.0. The first-order valence-corrected chi connectivity index (χ1v) is 10.8. The summed E-state index contributed by atoms with van der Waals surface area (Å²) in [5.41, 5.74) is 3.27. The number of rotatable bonds is 6. The minimum Gasteiger partial charge on any atom is -0.508 e. The van der Waals surface area contributed by atoms with Gasteiger partial charge in [-0.1, -0.05) is 31.0 Å². The molecule has 0 atom stereocenters. The van der Waals surface area contributed by atoms with Gasteiger partial charge in [0, 0.05) is 50.4 Å². The van der Waals surface area contributed by atoms with Crippen LogP contribution in [0.1, 0.15) is 42.4 Å². The molecule has 0 aromatic heterocycles. The van der Waals surface area contributed by atoms with Crippen molar-refractivity contribution in [1.29, 1.82) is 0 Å². The van der Waals surface area contributed by atoms with Crippen molar-refractivity contribution >= 4 is 37.2 Å². The van der Waals surface area contributed by atoms with Gasteiger partial charge in [0.1, 0.15) is 11.6 Å². The van der Waals surface area contributed by atoms with E-state index in [9.17, 15) is 9.50 Å². The van der Waals surface area contributed by atoms with Gasteiger partial charge in [0.25, 0.3) is 0 Å². The fourth-order valence-corrected chi connectivity index (χ4v) is 4.71. The average Bonchev–Trinajstić information content (AvgIpc) is 3.21. The third-order valence-electron chi connectivity index (χ3n) is 6.62. The van der Waals surface area contributed by atoms with Gasteiger partial charge in [0.05, 0.1) is 0 Å². The highest BCUT2D eigenvalue weighted by Gasteiger charge is 2.35. The summed E-state index contributed by atoms with van der Waals surface area (Å²) in [6.07, 6.45) is 4.53. The van der Waals surface area contributed by atoms with Gasteiger partial charge in [-0.3, -0.25) is 4.90 Å². The number of aromatic hydroxyl groups is 1. The van der Waals surface area contributed by atoms with E-state index in [0.29, 0.717) is 5.75 Å². The minimum atomic E-state index is -0.186. The molecule has 8 heteroatoms. The van der Waals surface area contributed by atoms with E-state index in [1.165, 1.54) is 24.0 Å². The number of hydrogen-bond acceptors (Lipinski definition) is 4. The van der Waals surface area contributed by atoms with Gasteiger partial charge in [-0.05, 0) is 55.3 Å². The molecule has 2 fully saturated rings. The standard InChI is InChI=1S/C24H32FN3O.3ClH/c1-27-12-14-28(15-13-27)18-20-16-19(4-9-23(20)29)17-26-24(10-2-3-11-24)21-5-7-22(25)8-6-21;;;/h4-9,16,26,29H,2-3,10-15,17-18H2,1H3;3*1H. The second-order valence-corrected chi connectivity index (χ2v) is 8.69. The first-order valence-electron chi connectivity index (χ1n) is 10.8. The molecule has 180 valence electrons. The summed E-state index contributed by atoms with van der Waals surface area (Å²) in [7, 11) is 2.15. The summed E-state index contributed by atoms with van der Waals surface area (Å²) in [6.45, 7) is 5.74. The summed E-state index contributed by atoms with van der Waals surface area (Å²) < 4.78 is 13.4. The molecule has 1 heterocycles. The predicted molar refractivity (Wildman–Crippen MR) is 136 cm³/mol. The van der Waals surface area contributed by atoms with Gasteiger partial charge in [-0.15, -0.1) is 37.2 Å². The topological polar surface area (TPSA) is 38.7 Å². The van der Waals surface area contributed by atoms with Crippen molar-refractivity contribution < 1.29 is 9.50 Å². The molecule has 0 unspecified atom stereocenters. The van der Waals surface area contributed by atoms with Gasteiger partial charge >= 0.3 is 0 Å². The lowest BCUT2D eigenvalue weighted by atomic mass is 9.88. The zero-order valence-electron chi connectivity index (χ0n) is 18.6. The number of nitrogens with one attached hydrogen (secondary N) is 1. The maximum atomic E-state index is 13.4. The molecular weight excluding hydrogens is 472 g/mol. The van der Waals surface area contributed by atoms with Crippen LogP contribution >= 0.6 is 37.2 Å². The molecule has 1 aliphatic carbocycles. The van der Waals surface area contributed by atoms with Crippen LogP contribution < -0.4 is 5.32 Å². The van der Waals surface area contributed by atoms with Gasteiger partial charge in [0.2, 0.25) is 0 Å². The minimum absolute atomic E-state index is 0. The average molecular weight is 507 g/mol. The summed E-state index contributed by atoms with van der Waals surface area (Å²) >= 11 is 0. The number of phenols is 1. The van der Waals surface area contributed by atoms with Gasteiger partial charge in [-0.2, -0.15) is 0 Å². The molecule has 1 saturated heterocycles. The molecule has 1 aliphatic heterocycles. The molecule has 0 amide bonds. The van der Waals surface area contributed by atoms with Crippen LogP contribution in [0.15, 0.2) is 42.5 Å². The number of halogens is 4. The molecule has 0 radical (unpaired) electrons. The lowest BCUT2D eigenvalue weighted by molar-refractivity contribution is 0.147. The maximum Gasteiger partial charge on any atom is 0.123 e. The van der Waals surface area contributed by atoms with E-state index in [0.717, 1.165) is 57.7 Å². The third-order valence-corrected chi connectivity index (χ3v) is 6.62. The molecule has 0 bridgehead atoms. The van der Waals surface area contributed by atoms with E-state index >= 15 is 0 Å². The number of nitrogens with zero attached hydrogens (tertiary/aromatic N) is 2. The van der Waals surface area contributed by atoms with Crippen molar-refractivity contribution in [2.24, 2.45) is 0 Å². The van der Waals surface area contributed by atoms with Crippen molar-refractivity contribution in [1.82, 2.24) is 15.1 Å². The molecule has 4 rings (SSSR count). The van der Waals surface area contributed by atoms with E-state index in [4.69, 9.17) is 0 Å². The van der Waals surface area contributed by atoms with E-state index in [1.807, 2.05) is 24.3 Å². The fraction of sp³-hybridized carbons (Fsp3) is 0.500. The Bertz CT molecular complexity index is 824. The fourth-order valence-electron chi connectivity index (χ4n) is 4.71. The third kappa shape index (κ3) is 6.96. The number of phenolic OH excluding ortho intramolecular Hbond substituents is 1. The Labute approximate surface area is 209 Å². The van der Waals surface area contributed by atoms with Gasteiger partial charge in [0.15, 0.2) is 0 Å². The lowest BCUT2D eigenvalue weighted by Gasteiger charge is -2.33. The van der Waals surface area contributed by atoms with Crippen LogP contribution in [-0.4, -0.2) is 48.1 Å². The van der Waals surface area contributed by atoms with Crippen molar-refractivity contribution in [3.05, 3.63) is 65.0 Å². The van der Waals surface area contributed by atoms with Crippen LogP contribution in [0.5, 0.6) is 5.75 Å². The van der Waals surface area contributed by atoms with Gasteiger partial charge in [-0.25, -0.2) is 4.39 Å². The highest BCUT2D eigenvalue weighted by atomic mass is 35.5. The van der Waals surface area contributed by atoms with Crippen LogP contribution in [0, 0.1) is 5.82 Å². The number of hydrogen-bond donors (Lipinski definition) is 2. The van der Waals surface area contributed by atoms with Crippen LogP contribution in [0.4, 0.5) is 4.39 Å². The highest BCUT2D eigenvalue weighted by molar-refractivity contribution is 5.86. The Kier molecular flexibility index (Phi) is 11.7. The largest absolute Gasteiger partial charge is 0.508 e. The summed E-state index contributed by atoms with van der Waals surface area (Å²) in [5, 5.41) is 14.1. The predicted octanol–water partition coefficient (Wildman–Crippen LogP) is 5.10. The molecule has 2 aromatic rings. The molecular formula is C24H35Cl3FN3O. The van der Waals surface area contributed by atoms with E-state index in [1.54, 1.807) is 12.1 Å². The van der Waals surface area contributed by atoms with Crippen LogP contribution in [0.2, 0.25) is 0 Å². The second kappa shape index (κ2) is 13.0. The Morgan fingerprint density at radius 2 is 1.56 bits per heavy atom. The van der Waals surface area contributed by atoms with Crippen LogP contribution in [-0.2, 0) is 18.6 Å². The van der Waals surface area contributed by atoms with Crippen molar-refractivity contribution in [2.75, 3.05) is 33.2 Å². The summed E-state index contributed by atoms with van der Waals surface area (Å²) in [5.74, 6) is 0.191.